The Morgan fingerprint density at radius 2 is 2.11 bits per heavy atom. The summed E-state index contributed by atoms with van der Waals surface area (Å²) in [5.41, 5.74) is 2.30. The number of hydrogen-bond acceptors (Lipinski definition) is 5. The Balaban J connectivity index is 1.57. The molecule has 1 unspecified atom stereocenters. The van der Waals surface area contributed by atoms with Crippen molar-refractivity contribution in [2.75, 3.05) is 29.9 Å². The summed E-state index contributed by atoms with van der Waals surface area (Å²) >= 11 is 0. The molecule has 2 atom stereocenters. The first-order valence-electron chi connectivity index (χ1n) is 9.68. The zero-order valence-corrected chi connectivity index (χ0v) is 16.4. The number of nitrogens with zero attached hydrogens (tertiary/aromatic N) is 3. The summed E-state index contributed by atoms with van der Waals surface area (Å²) in [5.74, 6) is 2.10. The fraction of sp³-hybridized carbons (Fsp3) is 0.429. The van der Waals surface area contributed by atoms with Gasteiger partial charge in [-0.25, -0.2) is 4.79 Å². The van der Waals surface area contributed by atoms with E-state index in [1.165, 1.54) is 5.56 Å². The van der Waals surface area contributed by atoms with Crippen LogP contribution in [0.3, 0.4) is 0 Å². The smallest absolute Gasteiger partial charge is 0.404 e. The third kappa shape index (κ3) is 5.34. The van der Waals surface area contributed by atoms with Crippen LogP contribution in [0.15, 0.2) is 42.6 Å². The molecule has 28 heavy (non-hydrogen) atoms. The lowest BCUT2D eigenvalue weighted by atomic mass is 9.90. The highest BCUT2D eigenvalue weighted by Crippen LogP contribution is 2.29. The molecule has 0 spiro atoms. The van der Waals surface area contributed by atoms with Crippen molar-refractivity contribution in [2.24, 2.45) is 5.92 Å². The molecule has 1 aliphatic rings. The lowest BCUT2D eigenvalue weighted by molar-refractivity contribution is 0.186. The number of amides is 1. The number of carboxylic acid groups (broad SMARTS) is 1. The zero-order valence-electron chi connectivity index (χ0n) is 16.4. The largest absolute Gasteiger partial charge is 0.465 e. The second kappa shape index (κ2) is 9.39. The van der Waals surface area contributed by atoms with Gasteiger partial charge in [0.2, 0.25) is 0 Å². The van der Waals surface area contributed by atoms with Gasteiger partial charge in [-0.2, -0.15) is 5.10 Å². The Morgan fingerprint density at radius 3 is 2.82 bits per heavy atom. The van der Waals surface area contributed by atoms with E-state index in [4.69, 9.17) is 5.11 Å². The first-order chi connectivity index (χ1) is 13.5. The number of anilines is 2. The van der Waals surface area contributed by atoms with Gasteiger partial charge in [0.05, 0.1) is 11.9 Å². The summed E-state index contributed by atoms with van der Waals surface area (Å²) < 4.78 is 0. The summed E-state index contributed by atoms with van der Waals surface area (Å²) in [7, 11) is 0. The molecule has 1 aromatic carbocycles. The average Bonchev–Trinajstić information content (AvgIpc) is 3.17. The molecular formula is C21H28N5O2. The van der Waals surface area contributed by atoms with Gasteiger partial charge in [0, 0.05) is 31.7 Å². The SMILES string of the molecule is C[C](C)[C@@H](NC(=O)O)C1CCN(c2cnnc(NCCc3ccccc3)c2)C1. The van der Waals surface area contributed by atoms with Crippen molar-refractivity contribution in [1.29, 1.82) is 0 Å². The van der Waals surface area contributed by atoms with E-state index in [0.717, 1.165) is 49.9 Å². The number of carbonyl (C=O) groups is 1. The molecule has 1 amide bonds. The van der Waals surface area contributed by atoms with Crippen molar-refractivity contribution in [3.05, 3.63) is 54.1 Å². The molecule has 149 valence electrons. The van der Waals surface area contributed by atoms with Crippen LogP contribution >= 0.6 is 0 Å². The van der Waals surface area contributed by atoms with Gasteiger partial charge >= 0.3 is 6.09 Å². The third-order valence-electron chi connectivity index (χ3n) is 5.16. The third-order valence-corrected chi connectivity index (χ3v) is 5.16. The van der Waals surface area contributed by atoms with Gasteiger partial charge in [-0.05, 0) is 30.2 Å². The molecule has 0 aliphatic carbocycles. The van der Waals surface area contributed by atoms with Crippen molar-refractivity contribution in [3.63, 3.8) is 0 Å². The Morgan fingerprint density at radius 1 is 1.32 bits per heavy atom. The number of nitrogens with one attached hydrogen (secondary N) is 2. The van der Waals surface area contributed by atoms with Gasteiger partial charge in [-0.1, -0.05) is 44.2 Å². The zero-order chi connectivity index (χ0) is 19.9. The Bertz CT molecular complexity index is 768. The highest BCUT2D eigenvalue weighted by Gasteiger charge is 2.32. The molecule has 1 fully saturated rings. The van der Waals surface area contributed by atoms with Crippen molar-refractivity contribution < 1.29 is 9.90 Å². The molecule has 7 heteroatoms. The van der Waals surface area contributed by atoms with Crippen LogP contribution < -0.4 is 15.5 Å². The summed E-state index contributed by atoms with van der Waals surface area (Å²) in [6.45, 7) is 6.42. The minimum absolute atomic E-state index is 0.124. The second-order valence-corrected chi connectivity index (χ2v) is 7.46. The Kier molecular flexibility index (Phi) is 6.68. The predicted molar refractivity (Wildman–Crippen MR) is 111 cm³/mol. The van der Waals surface area contributed by atoms with Crippen molar-refractivity contribution >= 4 is 17.6 Å². The molecule has 2 heterocycles. The minimum Gasteiger partial charge on any atom is -0.465 e. The Hall–Kier alpha value is -2.83. The summed E-state index contributed by atoms with van der Waals surface area (Å²) in [4.78, 5) is 13.4. The molecule has 3 N–H and O–H groups in total. The van der Waals surface area contributed by atoms with E-state index < -0.39 is 6.09 Å². The van der Waals surface area contributed by atoms with E-state index in [1.807, 2.05) is 38.1 Å². The molecule has 1 aromatic heterocycles. The Labute approximate surface area is 166 Å². The molecule has 0 bridgehead atoms. The maximum Gasteiger partial charge on any atom is 0.404 e. The van der Waals surface area contributed by atoms with Gasteiger partial charge in [-0.3, -0.25) is 0 Å². The van der Waals surface area contributed by atoms with Gasteiger partial charge in [-0.15, -0.1) is 5.10 Å². The van der Waals surface area contributed by atoms with Crippen molar-refractivity contribution in [2.45, 2.75) is 32.7 Å². The van der Waals surface area contributed by atoms with Gasteiger partial charge in [0.15, 0.2) is 5.82 Å². The molecule has 1 saturated heterocycles. The van der Waals surface area contributed by atoms with Crippen LogP contribution in [0, 0.1) is 11.8 Å². The summed E-state index contributed by atoms with van der Waals surface area (Å²) in [5, 5.41) is 23.4. The summed E-state index contributed by atoms with van der Waals surface area (Å²) in [6.07, 6.45) is 2.66. The monoisotopic (exact) mass is 382 g/mol. The van der Waals surface area contributed by atoms with E-state index in [9.17, 15) is 4.79 Å². The normalized spacial score (nSPS) is 17.5. The van der Waals surface area contributed by atoms with Crippen LogP contribution in [0.2, 0.25) is 0 Å². The number of aromatic nitrogens is 2. The molecule has 1 aliphatic heterocycles. The van der Waals surface area contributed by atoms with E-state index in [2.05, 4.69) is 37.9 Å². The first kappa shape index (κ1) is 19.9. The lowest BCUT2D eigenvalue weighted by Gasteiger charge is -2.27. The number of rotatable bonds is 8. The molecular weight excluding hydrogens is 354 g/mol. The predicted octanol–water partition coefficient (Wildman–Crippen LogP) is 3.21. The maximum absolute atomic E-state index is 11.1. The van der Waals surface area contributed by atoms with Crippen LogP contribution in [0.1, 0.15) is 25.8 Å². The maximum atomic E-state index is 11.1. The summed E-state index contributed by atoms with van der Waals surface area (Å²) in [6, 6.07) is 12.2. The van der Waals surface area contributed by atoms with Gasteiger partial charge in [0.1, 0.15) is 0 Å². The van der Waals surface area contributed by atoms with E-state index >= 15 is 0 Å². The van der Waals surface area contributed by atoms with Crippen molar-refractivity contribution in [3.8, 4) is 0 Å². The minimum atomic E-state index is -0.972. The number of benzene rings is 1. The van der Waals surface area contributed by atoms with E-state index in [-0.39, 0.29) is 12.0 Å². The highest BCUT2D eigenvalue weighted by molar-refractivity contribution is 5.65. The molecule has 1 radical (unpaired) electrons. The second-order valence-electron chi connectivity index (χ2n) is 7.46. The fourth-order valence-corrected chi connectivity index (χ4v) is 3.76. The topological polar surface area (TPSA) is 90.4 Å². The van der Waals surface area contributed by atoms with Crippen LogP contribution in [0.4, 0.5) is 16.3 Å². The molecule has 3 rings (SSSR count). The van der Waals surface area contributed by atoms with Crippen LogP contribution in [-0.2, 0) is 6.42 Å². The van der Waals surface area contributed by atoms with Crippen LogP contribution in [0.25, 0.3) is 0 Å². The lowest BCUT2D eigenvalue weighted by Crippen LogP contribution is -2.43. The molecule has 0 saturated carbocycles. The van der Waals surface area contributed by atoms with E-state index in [1.54, 1.807) is 6.20 Å². The van der Waals surface area contributed by atoms with Gasteiger partial charge in [0.25, 0.3) is 0 Å². The molecule has 7 nitrogen and oxygen atoms in total. The standard InChI is InChI=1S/C21H28N5O2/c1-15(2)20(24-21(27)28)17-9-11-26(14-17)18-12-19(25-23-13-18)22-10-8-16-6-4-3-5-7-16/h3-7,12-13,17,20,24H,8-11,14H2,1-2H3,(H,22,25)(H,27,28)/t17?,20-/m1/s1. The average molecular weight is 382 g/mol. The van der Waals surface area contributed by atoms with Crippen molar-refractivity contribution in [1.82, 2.24) is 15.5 Å². The highest BCUT2D eigenvalue weighted by atomic mass is 16.4. The van der Waals surface area contributed by atoms with E-state index in [0.29, 0.717) is 0 Å². The first-order valence-corrected chi connectivity index (χ1v) is 9.68. The van der Waals surface area contributed by atoms with Gasteiger partial charge < -0.3 is 20.6 Å². The molecule has 2 aromatic rings. The van der Waals surface area contributed by atoms with Crippen LogP contribution in [0.5, 0.6) is 0 Å². The van der Waals surface area contributed by atoms with Crippen LogP contribution in [-0.4, -0.2) is 47.1 Å². The quantitative estimate of drug-likeness (QED) is 0.649. The number of hydrogen-bond donors (Lipinski definition) is 3. The fourth-order valence-electron chi connectivity index (χ4n) is 3.76.